The van der Waals surface area contributed by atoms with Crippen molar-refractivity contribution in [3.8, 4) is 0 Å². The number of hydrogen-bond donors (Lipinski definition) is 2. The maximum atomic E-state index is 12.6. The molecule has 132 valence electrons. The normalized spacial score (nSPS) is 15.0. The molecule has 0 aliphatic carbocycles. The van der Waals surface area contributed by atoms with Crippen molar-refractivity contribution in [3.05, 3.63) is 53.5 Å². The third-order valence-electron chi connectivity index (χ3n) is 4.02. The molecule has 6 nitrogen and oxygen atoms in total. The van der Waals surface area contributed by atoms with E-state index in [4.69, 9.17) is 14.3 Å². The Balaban J connectivity index is 1.68. The van der Waals surface area contributed by atoms with Gasteiger partial charge in [-0.05, 0) is 31.0 Å². The van der Waals surface area contributed by atoms with Gasteiger partial charge in [0.25, 0.3) is 5.91 Å². The van der Waals surface area contributed by atoms with Gasteiger partial charge in [0, 0.05) is 24.2 Å². The number of rotatable bonds is 6. The highest BCUT2D eigenvalue weighted by molar-refractivity contribution is 7.98. The van der Waals surface area contributed by atoms with Gasteiger partial charge in [0.2, 0.25) is 0 Å². The maximum Gasteiger partial charge on any atom is 0.339 e. The van der Waals surface area contributed by atoms with Crippen LogP contribution >= 0.6 is 11.8 Å². The summed E-state index contributed by atoms with van der Waals surface area (Å²) in [5, 5.41) is 12.2. The minimum Gasteiger partial charge on any atom is -0.478 e. The first-order valence-electron chi connectivity index (χ1n) is 8.05. The van der Waals surface area contributed by atoms with Crippen LogP contribution in [0, 0.1) is 0 Å². The first-order valence-corrected chi connectivity index (χ1v) is 9.04. The van der Waals surface area contributed by atoms with Crippen LogP contribution in [-0.4, -0.2) is 36.2 Å². The predicted octanol–water partition coefficient (Wildman–Crippen LogP) is 3.18. The molecule has 3 rings (SSSR count). The van der Waals surface area contributed by atoms with E-state index in [2.05, 4.69) is 5.32 Å². The molecule has 7 heteroatoms. The Morgan fingerprint density at radius 1 is 1.16 bits per heavy atom. The number of amides is 1. The van der Waals surface area contributed by atoms with Crippen LogP contribution in [-0.2, 0) is 10.5 Å². The monoisotopic (exact) mass is 361 g/mol. The van der Waals surface area contributed by atoms with E-state index in [1.54, 1.807) is 6.07 Å². The number of carboxylic acids is 1. The van der Waals surface area contributed by atoms with Gasteiger partial charge < -0.3 is 19.6 Å². The van der Waals surface area contributed by atoms with E-state index in [9.17, 15) is 9.59 Å². The van der Waals surface area contributed by atoms with Crippen molar-refractivity contribution in [1.82, 2.24) is 5.32 Å². The van der Waals surface area contributed by atoms with Gasteiger partial charge in [0.15, 0.2) is 0 Å². The van der Waals surface area contributed by atoms with Crippen LogP contribution in [0.15, 0.2) is 45.9 Å². The van der Waals surface area contributed by atoms with E-state index in [1.165, 1.54) is 24.1 Å². The van der Waals surface area contributed by atoms with E-state index < -0.39 is 5.97 Å². The number of carbonyl (C=O) groups is 2. The zero-order valence-corrected chi connectivity index (χ0v) is 14.4. The summed E-state index contributed by atoms with van der Waals surface area (Å²) in [7, 11) is 0. The SMILES string of the molecule is O=C(NC1CCOCC1)c1ccccc1SCc1occc1C(=O)O. The summed E-state index contributed by atoms with van der Waals surface area (Å²) < 4.78 is 10.6. The Morgan fingerprint density at radius 2 is 1.92 bits per heavy atom. The number of aromatic carboxylic acids is 1. The van der Waals surface area contributed by atoms with Gasteiger partial charge in [-0.1, -0.05) is 12.1 Å². The zero-order valence-electron chi connectivity index (χ0n) is 13.6. The van der Waals surface area contributed by atoms with Gasteiger partial charge in [-0.2, -0.15) is 0 Å². The summed E-state index contributed by atoms with van der Waals surface area (Å²) in [5.74, 6) is -0.407. The number of furan rings is 1. The minimum atomic E-state index is -1.02. The molecule has 1 saturated heterocycles. The van der Waals surface area contributed by atoms with Crippen molar-refractivity contribution in [1.29, 1.82) is 0 Å². The number of hydrogen-bond acceptors (Lipinski definition) is 5. The van der Waals surface area contributed by atoms with Crippen molar-refractivity contribution < 1.29 is 23.8 Å². The summed E-state index contributed by atoms with van der Waals surface area (Å²) in [6.07, 6.45) is 2.99. The number of carbonyl (C=O) groups excluding carboxylic acids is 1. The first kappa shape index (κ1) is 17.6. The van der Waals surface area contributed by atoms with Crippen LogP contribution in [0.1, 0.15) is 39.3 Å². The molecule has 0 atom stereocenters. The second-order valence-electron chi connectivity index (χ2n) is 5.71. The number of carboxylic acid groups (broad SMARTS) is 1. The summed E-state index contributed by atoms with van der Waals surface area (Å²) in [6, 6.07) is 8.86. The van der Waals surface area contributed by atoms with E-state index in [0.717, 1.165) is 17.7 Å². The quantitative estimate of drug-likeness (QED) is 0.768. The molecule has 2 N–H and O–H groups in total. The molecule has 1 aliphatic rings. The molecule has 1 aliphatic heterocycles. The number of benzene rings is 1. The number of ether oxygens (including phenoxy) is 1. The van der Waals surface area contributed by atoms with Crippen LogP contribution in [0.3, 0.4) is 0 Å². The fourth-order valence-electron chi connectivity index (χ4n) is 2.67. The summed E-state index contributed by atoms with van der Waals surface area (Å²) in [5.41, 5.74) is 0.735. The van der Waals surface area contributed by atoms with Gasteiger partial charge in [-0.3, -0.25) is 4.79 Å². The van der Waals surface area contributed by atoms with E-state index >= 15 is 0 Å². The highest BCUT2D eigenvalue weighted by Gasteiger charge is 2.20. The van der Waals surface area contributed by atoms with E-state index in [0.29, 0.717) is 30.3 Å². The average Bonchev–Trinajstić information content (AvgIpc) is 3.10. The highest BCUT2D eigenvalue weighted by atomic mass is 32.2. The molecule has 1 amide bonds. The number of thioether (sulfide) groups is 1. The van der Waals surface area contributed by atoms with Gasteiger partial charge in [0.05, 0.1) is 17.6 Å². The molecule has 0 spiro atoms. The second-order valence-corrected chi connectivity index (χ2v) is 6.72. The fourth-order valence-corrected chi connectivity index (χ4v) is 3.67. The fraction of sp³-hybridized carbons (Fsp3) is 0.333. The Labute approximate surface area is 149 Å². The number of nitrogens with one attached hydrogen (secondary N) is 1. The molecule has 1 fully saturated rings. The van der Waals surface area contributed by atoms with Crippen molar-refractivity contribution in [2.75, 3.05) is 13.2 Å². The minimum absolute atomic E-state index is 0.118. The molecular formula is C18H19NO5S. The third kappa shape index (κ3) is 4.43. The van der Waals surface area contributed by atoms with E-state index in [1.807, 2.05) is 18.2 Å². The van der Waals surface area contributed by atoms with Crippen LogP contribution in [0.4, 0.5) is 0 Å². The Morgan fingerprint density at radius 3 is 2.68 bits per heavy atom. The lowest BCUT2D eigenvalue weighted by Gasteiger charge is -2.23. The van der Waals surface area contributed by atoms with E-state index in [-0.39, 0.29) is 17.5 Å². The second kappa shape index (κ2) is 8.22. The van der Waals surface area contributed by atoms with Crippen molar-refractivity contribution in [2.45, 2.75) is 29.5 Å². The molecule has 1 aromatic carbocycles. The van der Waals surface area contributed by atoms with Crippen LogP contribution in [0.5, 0.6) is 0 Å². The lowest BCUT2D eigenvalue weighted by Crippen LogP contribution is -2.39. The van der Waals surface area contributed by atoms with Crippen LogP contribution in [0.2, 0.25) is 0 Å². The lowest BCUT2D eigenvalue weighted by atomic mass is 10.1. The molecule has 0 saturated carbocycles. The lowest BCUT2D eigenvalue weighted by molar-refractivity contribution is 0.0686. The Bertz CT molecular complexity index is 751. The Kier molecular flexibility index (Phi) is 5.78. The molecule has 0 bridgehead atoms. The summed E-state index contributed by atoms with van der Waals surface area (Å²) in [6.45, 7) is 1.33. The van der Waals surface area contributed by atoms with Crippen molar-refractivity contribution in [3.63, 3.8) is 0 Å². The third-order valence-corrected chi connectivity index (χ3v) is 5.10. The van der Waals surface area contributed by atoms with Crippen LogP contribution in [0.25, 0.3) is 0 Å². The smallest absolute Gasteiger partial charge is 0.339 e. The maximum absolute atomic E-state index is 12.6. The van der Waals surface area contributed by atoms with Crippen molar-refractivity contribution in [2.24, 2.45) is 0 Å². The van der Waals surface area contributed by atoms with Gasteiger partial charge >= 0.3 is 5.97 Å². The van der Waals surface area contributed by atoms with Gasteiger partial charge in [-0.15, -0.1) is 11.8 Å². The molecule has 0 radical (unpaired) electrons. The molecule has 1 aromatic heterocycles. The molecule has 0 unspecified atom stereocenters. The van der Waals surface area contributed by atoms with Crippen LogP contribution < -0.4 is 5.32 Å². The zero-order chi connectivity index (χ0) is 17.6. The topological polar surface area (TPSA) is 88.8 Å². The molecule has 25 heavy (non-hydrogen) atoms. The average molecular weight is 361 g/mol. The van der Waals surface area contributed by atoms with Gasteiger partial charge in [-0.25, -0.2) is 4.79 Å². The largest absolute Gasteiger partial charge is 0.478 e. The first-order chi connectivity index (χ1) is 12.1. The molecular weight excluding hydrogens is 342 g/mol. The molecule has 2 heterocycles. The summed E-state index contributed by atoms with van der Waals surface area (Å²) >= 11 is 1.38. The molecule has 2 aromatic rings. The summed E-state index contributed by atoms with van der Waals surface area (Å²) in [4.78, 5) is 24.5. The van der Waals surface area contributed by atoms with Crippen molar-refractivity contribution >= 4 is 23.6 Å². The highest BCUT2D eigenvalue weighted by Crippen LogP contribution is 2.28. The van der Waals surface area contributed by atoms with Gasteiger partial charge in [0.1, 0.15) is 11.3 Å². The standard InChI is InChI=1S/C18H19NO5S/c20-17(19-12-5-8-23-9-6-12)14-3-1-2-4-16(14)25-11-15-13(18(21)22)7-10-24-15/h1-4,7,10,12H,5-6,8-9,11H2,(H,19,20)(H,21,22). The Hall–Kier alpha value is -2.25. The predicted molar refractivity (Wildman–Crippen MR) is 93.0 cm³/mol.